The van der Waals surface area contributed by atoms with E-state index < -0.39 is 7.12 Å². The first-order valence-corrected chi connectivity index (χ1v) is 39.7. The molecule has 12 heterocycles. The molecule has 624 valence electrons. The summed E-state index contributed by atoms with van der Waals surface area (Å²) in [6, 6.07) is 38.0. The Labute approximate surface area is 754 Å². The summed E-state index contributed by atoms with van der Waals surface area (Å²) in [5, 5.41) is 25.6. The fourth-order valence-electron chi connectivity index (χ4n) is 11.6. The maximum absolute atomic E-state index is 12.8. The van der Waals surface area contributed by atoms with E-state index in [4.69, 9.17) is 67.7 Å². The number of hydrogen-bond acceptors (Lipinski definition) is 27. The van der Waals surface area contributed by atoms with Crippen molar-refractivity contribution in [3.05, 3.63) is 219 Å². The summed E-state index contributed by atoms with van der Waals surface area (Å²) in [5.41, 5.74) is 32.4. The molecule has 6 aromatic carbocycles. The number of carbonyl (C=O) groups is 4. The minimum Gasteiger partial charge on any atom is -0.493 e. The van der Waals surface area contributed by atoms with Gasteiger partial charge in [-0.25, -0.2) is 38.8 Å². The molecule has 0 saturated carbocycles. The number of carbonyl (C=O) groups excluding carboxylic acids is 4. The predicted octanol–water partition coefficient (Wildman–Crippen LogP) is 11.9. The van der Waals surface area contributed by atoms with Crippen molar-refractivity contribution in [1.82, 2.24) is 73.7 Å². The smallest absolute Gasteiger partial charge is 0.488 e. The van der Waals surface area contributed by atoms with Crippen LogP contribution >= 0.6 is 79.9 Å². The zero-order valence-corrected chi connectivity index (χ0v) is 74.5. The number of anilines is 10. The van der Waals surface area contributed by atoms with Gasteiger partial charge < -0.3 is 86.7 Å². The summed E-state index contributed by atoms with van der Waals surface area (Å²) in [4.78, 5) is 103. The summed E-state index contributed by atoms with van der Waals surface area (Å²) in [7, 11) is 23.8. The van der Waals surface area contributed by atoms with E-state index in [9.17, 15) is 19.2 Å². The molecular weight excluding hydrogens is 1900 g/mol. The fourth-order valence-corrected chi connectivity index (χ4v) is 13.3. The summed E-state index contributed by atoms with van der Waals surface area (Å²) in [5.74, 6) is 5.29. The number of nitrogens with zero attached hydrogens (tertiary/aromatic N) is 13. The fraction of sp³-hybridized carbons (Fsp3) is 0.139. The van der Waals surface area contributed by atoms with Gasteiger partial charge >= 0.3 is 7.12 Å². The standard InChI is InChI=1S/C23H20N4O4.C14H9BrN4O.C12H10BrN5.C9H13BO5.C8H8N2.C4H3Br2N3.C4H4BrNO2.C4H5N3.CH3B.B2.BH/c1-29-19-9-14(10-20(30-2)22(19)31-3)18-12-25-17-11-21(28)27(23(17)26-18)15-4-5-16-13(8-15)6-7-24-16;15-12-7-17-11-6-13(20)19(14(11)18-12)9-1-2-10-8(5-9)3-4-16-10;13-10-6-16-11(14)12(18-10)17-8-1-2-9-7(5-8)3-4-15-9;1-13-7-4-6(10(11)12)5-8(14-2)9(7)15-3;9-7-1-2-8-6(5-7)3-4-10-8;5-2-1-8-4(7)3(6)9-2;5-6-3(7)1-2-4(6)8;5-4-3-6-1-2-7-4;2*1-2;/h4-10,12,24H,11H2,1-3H3;1-5,7,16H,6H2;1-6,15H,(H2,14,16)(H,17,18);4-5,11-12H,1-3H3;1-5,10H,9H2;1H,(H2,7,8);1-2H2;1-3H,(H2,5,7);1H3;;1H/i;;;;;;;;;;1D. The van der Waals surface area contributed by atoms with Gasteiger partial charge in [-0.3, -0.25) is 43.9 Å². The molecule has 18 rings (SSSR count). The Hall–Kier alpha value is -12.6. The Kier molecular flexibility index (Phi) is 35.6. The van der Waals surface area contributed by atoms with Crippen molar-refractivity contribution in [1.29, 1.82) is 1.34 Å². The quantitative estimate of drug-likeness (QED) is 0.0234. The van der Waals surface area contributed by atoms with Gasteiger partial charge in [-0.15, -0.1) is 0 Å². The Morgan fingerprint density at radius 3 is 1.35 bits per heavy atom. The van der Waals surface area contributed by atoms with Crippen LogP contribution in [-0.4, -0.2) is 190 Å². The highest BCUT2D eigenvalue weighted by Crippen LogP contribution is 2.43. The van der Waals surface area contributed by atoms with Gasteiger partial charge in [0.1, 0.15) is 24.2 Å². The average Bonchev–Trinajstić information content (AvgIpc) is 1.60. The van der Waals surface area contributed by atoms with Crippen molar-refractivity contribution in [3.8, 4) is 45.8 Å². The van der Waals surface area contributed by atoms with Crippen LogP contribution in [0, 0.1) is 0 Å². The zero-order valence-electron chi connectivity index (χ0n) is 67.6. The summed E-state index contributed by atoms with van der Waals surface area (Å²) in [6.07, 6.45) is 19.8. The molecule has 0 bridgehead atoms. The number of aromatic nitrogens is 14. The van der Waals surface area contributed by atoms with Gasteiger partial charge in [0.2, 0.25) is 35.1 Å². The van der Waals surface area contributed by atoms with Gasteiger partial charge in [0.25, 0.3) is 0 Å². The molecule has 9 aromatic heterocycles. The van der Waals surface area contributed by atoms with Crippen LogP contribution in [-0.2, 0) is 32.0 Å². The molecule has 0 aliphatic carbocycles. The van der Waals surface area contributed by atoms with Gasteiger partial charge in [-0.1, -0.05) is 6.82 Å². The van der Waals surface area contributed by atoms with Crippen molar-refractivity contribution < 1.29 is 57.6 Å². The first-order chi connectivity index (χ1) is 59.9. The normalized spacial score (nSPS) is 11.8. The number of imide groups is 1. The van der Waals surface area contributed by atoms with Gasteiger partial charge in [-0.2, -0.15) is 0 Å². The second-order valence-electron chi connectivity index (χ2n) is 24.8. The minimum absolute atomic E-state index is 0.00649. The van der Waals surface area contributed by atoms with Crippen molar-refractivity contribution >= 4 is 249 Å². The molecule has 3 aliphatic heterocycles. The lowest BCUT2D eigenvalue weighted by atomic mass is 9.80. The molecule has 44 heteroatoms. The van der Waals surface area contributed by atoms with Crippen LogP contribution in [0.1, 0.15) is 24.2 Å². The topological polar surface area (TPSA) is 482 Å². The number of halogens is 5. The molecule has 3 aliphatic rings. The molecule has 34 nitrogen and oxygen atoms in total. The van der Waals surface area contributed by atoms with Gasteiger partial charge in [0, 0.05) is 134 Å². The third kappa shape index (κ3) is 25.1. The lowest BCUT2D eigenvalue weighted by Crippen LogP contribution is -2.30. The number of rotatable bonds is 12. The Morgan fingerprint density at radius 1 is 0.488 bits per heavy atom. The van der Waals surface area contributed by atoms with E-state index in [1.54, 1.807) is 68.3 Å². The largest absolute Gasteiger partial charge is 0.493 e. The number of nitrogens with one attached hydrogen (secondary N) is 5. The lowest BCUT2D eigenvalue weighted by molar-refractivity contribution is -0.131. The average molecular weight is 1980 g/mol. The number of amides is 4. The molecular formula is C79H76B5Br5N22O12. The summed E-state index contributed by atoms with van der Waals surface area (Å²) < 4.78 is 40.2. The molecule has 123 heavy (non-hydrogen) atoms. The second-order valence-corrected chi connectivity index (χ2v) is 28.7. The number of aromatic amines is 4. The molecule has 15 aromatic rings. The van der Waals surface area contributed by atoms with E-state index in [2.05, 4.69) is 182 Å². The van der Waals surface area contributed by atoms with Crippen molar-refractivity contribution in [2.75, 3.05) is 80.7 Å². The van der Waals surface area contributed by atoms with Gasteiger partial charge in [-0.05, 0) is 192 Å². The predicted molar refractivity (Wildman–Crippen MR) is 498 cm³/mol. The monoisotopic (exact) mass is 1980 g/mol. The third-order valence-electron chi connectivity index (χ3n) is 17.2. The summed E-state index contributed by atoms with van der Waals surface area (Å²) in [6.45, 7) is 1.50. The Balaban J connectivity index is 0.000000182. The highest BCUT2D eigenvalue weighted by Gasteiger charge is 2.34. The van der Waals surface area contributed by atoms with E-state index in [0.29, 0.717) is 124 Å². The lowest BCUT2D eigenvalue weighted by Gasteiger charge is -2.18. The number of nitrogens with two attached hydrogens (primary N) is 4. The first-order valence-electron chi connectivity index (χ1n) is 36.4. The molecule has 1 saturated heterocycles. The molecule has 15 N–H and O–H groups in total. The van der Waals surface area contributed by atoms with E-state index >= 15 is 0 Å². The van der Waals surface area contributed by atoms with E-state index in [-0.39, 0.29) is 35.5 Å². The van der Waals surface area contributed by atoms with Crippen molar-refractivity contribution in [2.45, 2.75) is 32.5 Å². The van der Waals surface area contributed by atoms with Crippen LogP contribution in [0.3, 0.4) is 0 Å². The van der Waals surface area contributed by atoms with Crippen LogP contribution < -0.4 is 71.9 Å². The van der Waals surface area contributed by atoms with Gasteiger partial charge in [0.15, 0.2) is 52.1 Å². The zero-order chi connectivity index (χ0) is 90.3. The Morgan fingerprint density at radius 2 is 0.919 bits per heavy atom. The van der Waals surface area contributed by atoms with Crippen LogP contribution in [0.2, 0.25) is 6.82 Å². The molecule has 0 spiro atoms. The highest BCUT2D eigenvalue weighted by molar-refractivity contribution is 9.11. The maximum atomic E-state index is 12.8. The second kappa shape index (κ2) is 46.4. The van der Waals surface area contributed by atoms with E-state index in [1.165, 1.54) is 51.9 Å². The molecule has 8 radical (unpaired) electrons. The highest BCUT2D eigenvalue weighted by atomic mass is 79.9. The van der Waals surface area contributed by atoms with Crippen LogP contribution in [0.4, 0.5) is 57.7 Å². The van der Waals surface area contributed by atoms with Crippen molar-refractivity contribution in [2.24, 2.45) is 0 Å². The number of ether oxygens (including phenoxy) is 6. The van der Waals surface area contributed by atoms with Crippen molar-refractivity contribution in [3.63, 3.8) is 0 Å². The SMILES string of the molecule is COc1cc(-c2cnc3c(n2)N(c2ccc4[nH]ccc4c2)C(=O)C3)cc(OC)c1OC.COc1cc(B(O)O)cc(OC)c1OC.Nc1ccc2[nH]ccc2c1.Nc1cnccn1.Nc1ncc(Br)nc1Br.Nc1ncc(Br)nc1Nc1ccc2[nH]ccc2c1.O=C1CCC(=O)N1Br.O=C1Cc2ncc(Br)nc2N1c1ccc2[nH]ccc2c1.[2H][B].[B]C.[B][B]. The summed E-state index contributed by atoms with van der Waals surface area (Å²) >= 11 is 15.6. The van der Waals surface area contributed by atoms with E-state index in [1.807, 2.05) is 134 Å². The first kappa shape index (κ1) is 94.3. The maximum Gasteiger partial charge on any atom is 0.488 e. The number of hydrogen-bond donors (Lipinski definition) is 11. The number of nitrogen functional groups attached to an aromatic ring is 4. The molecule has 0 unspecified atom stereocenters. The van der Waals surface area contributed by atoms with E-state index in [0.717, 1.165) is 70.5 Å². The molecule has 1 fully saturated rings. The molecule has 4 amide bonds. The Bertz CT molecular complexity index is 6050. The minimum atomic E-state index is -1.57. The number of fused-ring (bicyclic) bond motifs is 6. The molecule has 0 atom stereocenters. The third-order valence-corrected chi connectivity index (χ3v) is 19.7. The number of benzene rings is 6. The number of methoxy groups -OCH3 is 6. The van der Waals surface area contributed by atoms with Crippen LogP contribution in [0.15, 0.2) is 208 Å². The van der Waals surface area contributed by atoms with Gasteiger partial charge in [0.05, 0.1) is 139 Å². The number of H-pyrrole nitrogens is 4. The van der Waals surface area contributed by atoms with Crippen LogP contribution in [0.25, 0.3) is 54.9 Å². The van der Waals surface area contributed by atoms with Crippen LogP contribution in [0.5, 0.6) is 34.5 Å².